The number of aryl methyl sites for hydroxylation is 1. The summed E-state index contributed by atoms with van der Waals surface area (Å²) in [6.45, 7) is 0.583. The van der Waals surface area contributed by atoms with E-state index in [4.69, 9.17) is 4.74 Å². The fourth-order valence-electron chi connectivity index (χ4n) is 5.54. The van der Waals surface area contributed by atoms with Gasteiger partial charge in [0.15, 0.2) is 0 Å². The lowest BCUT2D eigenvalue weighted by Crippen LogP contribution is -2.55. The monoisotopic (exact) mass is 358 g/mol. The van der Waals surface area contributed by atoms with E-state index >= 15 is 0 Å². The molecule has 0 radical (unpaired) electrons. The molecule has 4 atom stereocenters. The van der Waals surface area contributed by atoms with Crippen LogP contribution in [0.15, 0.2) is 30.3 Å². The average molecular weight is 359 g/mol. The smallest absolute Gasteiger partial charge is 0.107 e. The Hall–Kier alpha value is -0.900. The number of hydrogen-bond acceptors (Lipinski definition) is 3. The quantitative estimate of drug-likeness (QED) is 0.809. The average Bonchev–Trinajstić information content (AvgIpc) is 3.14. The van der Waals surface area contributed by atoms with Crippen LogP contribution in [0.2, 0.25) is 0 Å². The minimum Gasteiger partial charge on any atom is -0.390 e. The normalized spacial score (nSPS) is 38.2. The zero-order chi connectivity index (χ0) is 17.9. The fourth-order valence-corrected chi connectivity index (χ4v) is 5.54. The number of aliphatic hydroxyl groups excluding tert-OH is 2. The lowest BCUT2D eigenvalue weighted by atomic mass is 9.66. The lowest BCUT2D eigenvalue weighted by molar-refractivity contribution is -0.195. The van der Waals surface area contributed by atoms with Gasteiger partial charge in [0.25, 0.3) is 0 Å². The van der Waals surface area contributed by atoms with Crippen molar-refractivity contribution in [3.05, 3.63) is 35.9 Å². The summed E-state index contributed by atoms with van der Waals surface area (Å²) in [6, 6.07) is 10.4. The van der Waals surface area contributed by atoms with Crippen molar-refractivity contribution in [3.63, 3.8) is 0 Å². The molecule has 0 spiro atoms. The Morgan fingerprint density at radius 3 is 2.38 bits per heavy atom. The van der Waals surface area contributed by atoms with E-state index in [9.17, 15) is 10.2 Å². The van der Waals surface area contributed by atoms with Gasteiger partial charge in [0.05, 0.1) is 18.8 Å². The summed E-state index contributed by atoms with van der Waals surface area (Å²) >= 11 is 0. The molecule has 3 nitrogen and oxygen atoms in total. The van der Waals surface area contributed by atoms with Gasteiger partial charge in [-0.15, -0.1) is 0 Å². The molecule has 1 aromatic rings. The molecule has 0 bridgehead atoms. The largest absolute Gasteiger partial charge is 0.390 e. The third-order valence-electron chi connectivity index (χ3n) is 7.20. The highest BCUT2D eigenvalue weighted by Gasteiger charge is 2.46. The van der Waals surface area contributed by atoms with Crippen LogP contribution in [0.3, 0.4) is 0 Å². The van der Waals surface area contributed by atoms with Gasteiger partial charge in [0.2, 0.25) is 0 Å². The van der Waals surface area contributed by atoms with Crippen molar-refractivity contribution >= 4 is 0 Å². The standard InChI is InChI=1S/C23H34O3/c24-21-19(11-10-16-6-2-1-3-7-16)15-26-23(22(21)25)20-13-18(14-20)12-17-8-4-5-9-17/h1-3,6-7,17-25H,4-5,8-15H2/t18?,19-,20?,21+,22+,23+/m0/s1. The fraction of sp³-hybridized carbons (Fsp3) is 0.739. The van der Waals surface area contributed by atoms with Crippen LogP contribution < -0.4 is 0 Å². The van der Waals surface area contributed by atoms with Crippen molar-refractivity contribution < 1.29 is 14.9 Å². The highest BCUT2D eigenvalue weighted by atomic mass is 16.5. The number of hydrogen-bond donors (Lipinski definition) is 2. The Labute approximate surface area is 157 Å². The van der Waals surface area contributed by atoms with Gasteiger partial charge in [0.1, 0.15) is 6.10 Å². The van der Waals surface area contributed by atoms with E-state index in [2.05, 4.69) is 12.1 Å². The maximum atomic E-state index is 10.6. The number of benzene rings is 1. The van der Waals surface area contributed by atoms with Crippen LogP contribution in [0.5, 0.6) is 0 Å². The van der Waals surface area contributed by atoms with Crippen LogP contribution in [0.25, 0.3) is 0 Å². The molecule has 1 heterocycles. The highest BCUT2D eigenvalue weighted by molar-refractivity contribution is 5.14. The molecule has 3 aliphatic rings. The molecule has 3 fully saturated rings. The second-order valence-corrected chi connectivity index (χ2v) is 9.05. The second-order valence-electron chi connectivity index (χ2n) is 9.05. The third kappa shape index (κ3) is 4.16. The Morgan fingerprint density at radius 2 is 1.65 bits per heavy atom. The van der Waals surface area contributed by atoms with E-state index in [0.717, 1.165) is 24.7 Å². The topological polar surface area (TPSA) is 49.7 Å². The van der Waals surface area contributed by atoms with Crippen molar-refractivity contribution in [3.8, 4) is 0 Å². The minimum atomic E-state index is -0.720. The molecule has 0 amide bonds. The summed E-state index contributed by atoms with van der Waals surface area (Å²) in [5.74, 6) is 2.26. The molecule has 2 aliphatic carbocycles. The van der Waals surface area contributed by atoms with Crippen LogP contribution >= 0.6 is 0 Å². The van der Waals surface area contributed by atoms with Crippen molar-refractivity contribution in [1.82, 2.24) is 0 Å². The van der Waals surface area contributed by atoms with Crippen LogP contribution in [-0.2, 0) is 11.2 Å². The van der Waals surface area contributed by atoms with Crippen molar-refractivity contribution in [2.24, 2.45) is 23.7 Å². The Kier molecular flexibility index (Phi) is 5.97. The maximum absolute atomic E-state index is 10.6. The van der Waals surface area contributed by atoms with Gasteiger partial charge in [-0.1, -0.05) is 56.0 Å². The summed E-state index contributed by atoms with van der Waals surface area (Å²) in [5, 5.41) is 21.3. The van der Waals surface area contributed by atoms with Crippen LogP contribution in [0.4, 0.5) is 0 Å². The zero-order valence-corrected chi connectivity index (χ0v) is 15.8. The molecule has 3 heteroatoms. The molecule has 0 aromatic heterocycles. The van der Waals surface area contributed by atoms with Crippen molar-refractivity contribution in [2.45, 2.75) is 76.1 Å². The zero-order valence-electron chi connectivity index (χ0n) is 15.8. The summed E-state index contributed by atoms with van der Waals surface area (Å²) in [6.07, 6.45) is 9.69. The molecule has 1 aliphatic heterocycles. The highest BCUT2D eigenvalue weighted by Crippen LogP contribution is 2.45. The molecule has 4 rings (SSSR count). The molecular formula is C23H34O3. The molecule has 1 aromatic carbocycles. The summed E-state index contributed by atoms with van der Waals surface area (Å²) in [4.78, 5) is 0. The lowest BCUT2D eigenvalue weighted by Gasteiger charge is -2.47. The first-order valence-electron chi connectivity index (χ1n) is 10.7. The predicted octanol–water partition coefficient (Wildman–Crippen LogP) is 3.96. The Bertz CT molecular complexity index is 548. The number of rotatable bonds is 6. The molecule has 2 saturated carbocycles. The molecule has 144 valence electrons. The van der Waals surface area contributed by atoms with E-state index in [0.29, 0.717) is 12.5 Å². The van der Waals surface area contributed by atoms with Crippen molar-refractivity contribution in [1.29, 1.82) is 0 Å². The Balaban J connectivity index is 1.22. The minimum absolute atomic E-state index is 0.0378. The van der Waals surface area contributed by atoms with Gasteiger partial charge in [-0.3, -0.25) is 0 Å². The first-order chi connectivity index (χ1) is 12.7. The summed E-state index contributed by atoms with van der Waals surface area (Å²) in [7, 11) is 0. The molecule has 26 heavy (non-hydrogen) atoms. The van der Waals surface area contributed by atoms with E-state index in [-0.39, 0.29) is 12.0 Å². The Morgan fingerprint density at radius 1 is 0.923 bits per heavy atom. The maximum Gasteiger partial charge on any atom is 0.107 e. The molecule has 1 saturated heterocycles. The van der Waals surface area contributed by atoms with E-state index in [1.165, 1.54) is 50.5 Å². The van der Waals surface area contributed by atoms with Crippen LogP contribution in [-0.4, -0.2) is 35.1 Å². The van der Waals surface area contributed by atoms with Gasteiger partial charge in [-0.2, -0.15) is 0 Å². The van der Waals surface area contributed by atoms with Crippen molar-refractivity contribution in [2.75, 3.05) is 6.61 Å². The van der Waals surface area contributed by atoms with Gasteiger partial charge in [-0.25, -0.2) is 0 Å². The summed E-state index contributed by atoms with van der Waals surface area (Å²) in [5.41, 5.74) is 1.28. The van der Waals surface area contributed by atoms with Gasteiger partial charge >= 0.3 is 0 Å². The van der Waals surface area contributed by atoms with Gasteiger partial charge < -0.3 is 14.9 Å². The third-order valence-corrected chi connectivity index (χ3v) is 7.20. The van der Waals surface area contributed by atoms with Crippen LogP contribution in [0, 0.1) is 23.7 Å². The summed E-state index contributed by atoms with van der Waals surface area (Å²) < 4.78 is 6.07. The van der Waals surface area contributed by atoms with E-state index < -0.39 is 12.2 Å². The van der Waals surface area contributed by atoms with Gasteiger partial charge in [-0.05, 0) is 55.4 Å². The number of aliphatic hydroxyl groups is 2. The first-order valence-corrected chi connectivity index (χ1v) is 10.7. The molecular weight excluding hydrogens is 324 g/mol. The van der Waals surface area contributed by atoms with Crippen LogP contribution in [0.1, 0.15) is 56.9 Å². The van der Waals surface area contributed by atoms with E-state index in [1.807, 2.05) is 18.2 Å². The molecule has 2 N–H and O–H groups in total. The second kappa shape index (κ2) is 8.41. The van der Waals surface area contributed by atoms with E-state index in [1.54, 1.807) is 0 Å². The van der Waals surface area contributed by atoms with Gasteiger partial charge in [0, 0.05) is 5.92 Å². The first kappa shape index (κ1) is 18.5. The number of ether oxygens (including phenoxy) is 1. The molecule has 0 unspecified atom stereocenters. The SMILES string of the molecule is O[C@@H]1[C@@H](CCc2ccccc2)CO[C@H](C2CC(CC3CCCC3)C2)[C@@H]1O. The predicted molar refractivity (Wildman–Crippen MR) is 103 cm³/mol.